The van der Waals surface area contributed by atoms with Gasteiger partial charge < -0.3 is 5.11 Å². The molecule has 0 spiro atoms. The summed E-state index contributed by atoms with van der Waals surface area (Å²) in [4.78, 5) is 0. The summed E-state index contributed by atoms with van der Waals surface area (Å²) in [6.45, 7) is 2.11. The van der Waals surface area contributed by atoms with E-state index in [1.165, 1.54) is 16.9 Å². The zero-order valence-corrected chi connectivity index (χ0v) is 12.4. The number of thiophene rings is 1. The number of hydrogen-bond donors (Lipinski definition) is 1. The van der Waals surface area contributed by atoms with Crippen molar-refractivity contribution < 1.29 is 5.11 Å². The fourth-order valence-electron chi connectivity index (χ4n) is 1.65. The van der Waals surface area contributed by atoms with Gasteiger partial charge in [0.15, 0.2) is 0 Å². The van der Waals surface area contributed by atoms with Gasteiger partial charge in [-0.2, -0.15) is 0 Å². The fourth-order valence-corrected chi connectivity index (χ4v) is 3.72. The highest BCUT2D eigenvalue weighted by atomic mass is 79.9. The van der Waals surface area contributed by atoms with Gasteiger partial charge in [0.2, 0.25) is 0 Å². The standard InChI is InChI=1S/C13H12BrClOS/c1-2-8-3-5-9(6-4-8)12(16)10-7-11(14)17-13(10)15/h3-7,12,16H,2H2,1H3. The van der Waals surface area contributed by atoms with Crippen LogP contribution in [0.15, 0.2) is 34.1 Å². The van der Waals surface area contributed by atoms with Crippen molar-refractivity contribution in [2.75, 3.05) is 0 Å². The molecule has 1 aromatic heterocycles. The number of rotatable bonds is 3. The predicted molar refractivity (Wildman–Crippen MR) is 76.9 cm³/mol. The third-order valence-electron chi connectivity index (χ3n) is 2.68. The second-order valence-electron chi connectivity index (χ2n) is 3.78. The summed E-state index contributed by atoms with van der Waals surface area (Å²) in [6, 6.07) is 9.84. The molecular formula is C13H12BrClOS. The molecule has 1 unspecified atom stereocenters. The monoisotopic (exact) mass is 330 g/mol. The van der Waals surface area contributed by atoms with Gasteiger partial charge >= 0.3 is 0 Å². The van der Waals surface area contributed by atoms with E-state index in [9.17, 15) is 5.11 Å². The first-order valence-corrected chi connectivity index (χ1v) is 7.32. The third kappa shape index (κ3) is 2.91. The molecule has 0 radical (unpaired) electrons. The summed E-state index contributed by atoms with van der Waals surface area (Å²) >= 11 is 10.9. The van der Waals surface area contributed by atoms with Crippen LogP contribution in [-0.4, -0.2) is 5.11 Å². The Balaban J connectivity index is 2.30. The highest BCUT2D eigenvalue weighted by Gasteiger charge is 2.16. The van der Waals surface area contributed by atoms with Crippen LogP contribution in [0.5, 0.6) is 0 Å². The van der Waals surface area contributed by atoms with Gasteiger partial charge in [0, 0.05) is 5.56 Å². The average Bonchev–Trinajstić information content (AvgIpc) is 2.68. The van der Waals surface area contributed by atoms with E-state index in [0.29, 0.717) is 4.34 Å². The predicted octanol–water partition coefficient (Wildman–Crippen LogP) is 4.81. The second-order valence-corrected chi connectivity index (χ2v) is 6.81. The molecule has 0 saturated carbocycles. The van der Waals surface area contributed by atoms with E-state index in [-0.39, 0.29) is 0 Å². The van der Waals surface area contributed by atoms with Gasteiger partial charge in [0.25, 0.3) is 0 Å². The van der Waals surface area contributed by atoms with Crippen LogP contribution in [0.3, 0.4) is 0 Å². The lowest BCUT2D eigenvalue weighted by Gasteiger charge is -2.10. The second kappa shape index (κ2) is 5.53. The third-order valence-corrected chi connectivity index (χ3v) is 4.57. The van der Waals surface area contributed by atoms with Crippen LogP contribution >= 0.6 is 38.9 Å². The topological polar surface area (TPSA) is 20.2 Å². The fraction of sp³-hybridized carbons (Fsp3) is 0.231. The molecule has 2 aromatic rings. The lowest BCUT2D eigenvalue weighted by Crippen LogP contribution is -1.98. The molecule has 0 aliphatic carbocycles. The van der Waals surface area contributed by atoms with Gasteiger partial charge in [-0.25, -0.2) is 0 Å². The largest absolute Gasteiger partial charge is 0.384 e. The molecule has 0 amide bonds. The smallest absolute Gasteiger partial charge is 0.106 e. The first kappa shape index (κ1) is 13.1. The Bertz CT molecular complexity index is 507. The van der Waals surface area contributed by atoms with Gasteiger partial charge in [-0.05, 0) is 39.5 Å². The van der Waals surface area contributed by atoms with E-state index in [0.717, 1.165) is 21.3 Å². The summed E-state index contributed by atoms with van der Waals surface area (Å²) in [5.41, 5.74) is 2.89. The molecule has 1 atom stereocenters. The molecule has 1 aromatic carbocycles. The van der Waals surface area contributed by atoms with Crippen molar-refractivity contribution in [2.45, 2.75) is 19.4 Å². The molecule has 0 fully saturated rings. The molecular weight excluding hydrogens is 320 g/mol. The van der Waals surface area contributed by atoms with Crippen molar-refractivity contribution in [3.63, 3.8) is 0 Å². The Labute approximate surface area is 118 Å². The van der Waals surface area contributed by atoms with E-state index in [1.54, 1.807) is 0 Å². The van der Waals surface area contributed by atoms with Crippen molar-refractivity contribution in [2.24, 2.45) is 0 Å². The number of halogens is 2. The minimum atomic E-state index is -0.657. The minimum Gasteiger partial charge on any atom is -0.384 e. The number of aryl methyl sites for hydroxylation is 1. The van der Waals surface area contributed by atoms with E-state index in [4.69, 9.17) is 11.6 Å². The quantitative estimate of drug-likeness (QED) is 0.856. The molecule has 2 rings (SSSR count). The van der Waals surface area contributed by atoms with Gasteiger partial charge in [-0.1, -0.05) is 42.8 Å². The number of aliphatic hydroxyl groups excluding tert-OH is 1. The van der Waals surface area contributed by atoms with Crippen LogP contribution < -0.4 is 0 Å². The minimum absolute atomic E-state index is 0.629. The molecule has 0 aliphatic rings. The summed E-state index contributed by atoms with van der Waals surface area (Å²) in [5, 5.41) is 10.3. The van der Waals surface area contributed by atoms with E-state index >= 15 is 0 Å². The molecule has 4 heteroatoms. The zero-order chi connectivity index (χ0) is 12.4. The first-order chi connectivity index (χ1) is 8.11. The lowest BCUT2D eigenvalue weighted by molar-refractivity contribution is 0.221. The van der Waals surface area contributed by atoms with Crippen LogP contribution in [0.1, 0.15) is 29.7 Å². The first-order valence-electron chi connectivity index (χ1n) is 5.33. The Kier molecular flexibility index (Phi) is 4.26. The van der Waals surface area contributed by atoms with Crippen molar-refractivity contribution in [3.8, 4) is 0 Å². The highest BCUT2D eigenvalue weighted by Crippen LogP contribution is 2.37. The van der Waals surface area contributed by atoms with Gasteiger partial charge in [-0.3, -0.25) is 0 Å². The zero-order valence-electron chi connectivity index (χ0n) is 9.28. The van der Waals surface area contributed by atoms with Crippen LogP contribution in [0.4, 0.5) is 0 Å². The summed E-state index contributed by atoms with van der Waals surface area (Å²) in [6.07, 6.45) is 0.345. The number of aliphatic hydroxyl groups is 1. The Hall–Kier alpha value is -0.350. The number of hydrogen-bond acceptors (Lipinski definition) is 2. The molecule has 1 heterocycles. The van der Waals surface area contributed by atoms with Crippen molar-refractivity contribution in [3.05, 3.63) is 55.1 Å². The van der Waals surface area contributed by atoms with Gasteiger partial charge in [-0.15, -0.1) is 11.3 Å². The van der Waals surface area contributed by atoms with Gasteiger partial charge in [0.05, 0.1) is 3.79 Å². The van der Waals surface area contributed by atoms with E-state index in [2.05, 4.69) is 22.9 Å². The highest BCUT2D eigenvalue weighted by molar-refractivity contribution is 9.11. The van der Waals surface area contributed by atoms with Crippen molar-refractivity contribution in [1.29, 1.82) is 0 Å². The van der Waals surface area contributed by atoms with Crippen LogP contribution in [0.25, 0.3) is 0 Å². The summed E-state index contributed by atoms with van der Waals surface area (Å²) < 4.78 is 1.56. The van der Waals surface area contributed by atoms with Crippen molar-refractivity contribution >= 4 is 38.9 Å². The van der Waals surface area contributed by atoms with Crippen molar-refractivity contribution in [1.82, 2.24) is 0 Å². The maximum Gasteiger partial charge on any atom is 0.106 e. The van der Waals surface area contributed by atoms with Gasteiger partial charge in [0.1, 0.15) is 10.4 Å². The van der Waals surface area contributed by atoms with E-state index in [1.807, 2.05) is 30.3 Å². The Morgan fingerprint density at radius 1 is 1.35 bits per heavy atom. The summed E-state index contributed by atoms with van der Waals surface area (Å²) in [5.74, 6) is 0. The molecule has 1 N–H and O–H groups in total. The maximum atomic E-state index is 10.3. The van der Waals surface area contributed by atoms with Crippen LogP contribution in [0, 0.1) is 0 Å². The molecule has 0 aliphatic heterocycles. The SMILES string of the molecule is CCc1ccc(C(O)c2cc(Br)sc2Cl)cc1. The normalized spacial score (nSPS) is 12.7. The molecule has 90 valence electrons. The molecule has 0 saturated heterocycles. The van der Waals surface area contributed by atoms with E-state index < -0.39 is 6.10 Å². The lowest BCUT2D eigenvalue weighted by atomic mass is 10.0. The Morgan fingerprint density at radius 2 is 2.00 bits per heavy atom. The Morgan fingerprint density at radius 3 is 2.47 bits per heavy atom. The molecule has 17 heavy (non-hydrogen) atoms. The molecule has 1 nitrogen and oxygen atoms in total. The molecule has 0 bridgehead atoms. The average molecular weight is 332 g/mol. The van der Waals surface area contributed by atoms with Crippen LogP contribution in [-0.2, 0) is 6.42 Å². The maximum absolute atomic E-state index is 10.3. The van der Waals surface area contributed by atoms with Crippen LogP contribution in [0.2, 0.25) is 4.34 Å². The number of benzene rings is 1. The summed E-state index contributed by atoms with van der Waals surface area (Å²) in [7, 11) is 0.